The molecule has 124 valence electrons. The molecule has 0 radical (unpaired) electrons. The van der Waals surface area contributed by atoms with Crippen molar-refractivity contribution in [2.45, 2.75) is 31.9 Å². The van der Waals surface area contributed by atoms with Crippen LogP contribution >= 0.6 is 0 Å². The molecule has 7 heteroatoms. The van der Waals surface area contributed by atoms with Gasteiger partial charge in [0.1, 0.15) is 5.69 Å². The molecule has 0 unspecified atom stereocenters. The zero-order valence-corrected chi connectivity index (χ0v) is 13.0. The van der Waals surface area contributed by atoms with E-state index >= 15 is 0 Å². The predicted molar refractivity (Wildman–Crippen MR) is 82.4 cm³/mol. The fourth-order valence-corrected chi connectivity index (χ4v) is 2.71. The van der Waals surface area contributed by atoms with Gasteiger partial charge in [0.15, 0.2) is 0 Å². The van der Waals surface area contributed by atoms with Crippen molar-refractivity contribution in [3.63, 3.8) is 0 Å². The van der Waals surface area contributed by atoms with Crippen LogP contribution in [0.4, 0.5) is 13.2 Å². The Hall–Kier alpha value is -2.57. The van der Waals surface area contributed by atoms with Gasteiger partial charge in [-0.25, -0.2) is 9.67 Å². The van der Waals surface area contributed by atoms with Gasteiger partial charge in [0.2, 0.25) is 0 Å². The van der Waals surface area contributed by atoms with Gasteiger partial charge >= 0.3 is 6.18 Å². The van der Waals surface area contributed by atoms with E-state index in [0.717, 1.165) is 28.9 Å². The third-order valence-electron chi connectivity index (χ3n) is 4.12. The standard InChI is InChI=1S/C17H15F3N4/c1-11-9-23(10-21-11)13-4-6-14(7-5-13)24-16(17(18,19)20)8-15(22-24)12-2-3-12/h4-10,12H,2-3H2,1H3. The molecule has 1 saturated carbocycles. The molecule has 1 aliphatic rings. The number of halogens is 3. The van der Waals surface area contributed by atoms with E-state index < -0.39 is 11.9 Å². The van der Waals surface area contributed by atoms with E-state index in [0.29, 0.717) is 11.4 Å². The molecule has 0 saturated heterocycles. The van der Waals surface area contributed by atoms with Crippen LogP contribution in [-0.4, -0.2) is 19.3 Å². The van der Waals surface area contributed by atoms with Gasteiger partial charge in [0, 0.05) is 17.8 Å². The van der Waals surface area contributed by atoms with Crippen LogP contribution in [-0.2, 0) is 6.18 Å². The average Bonchev–Trinajstić information content (AvgIpc) is 3.13. The molecular weight excluding hydrogens is 317 g/mol. The summed E-state index contributed by atoms with van der Waals surface area (Å²) < 4.78 is 42.7. The Balaban J connectivity index is 1.73. The molecule has 1 aromatic carbocycles. The first-order valence-corrected chi connectivity index (χ1v) is 7.70. The van der Waals surface area contributed by atoms with Crippen LogP contribution in [0.2, 0.25) is 0 Å². The van der Waals surface area contributed by atoms with Crippen LogP contribution < -0.4 is 0 Å². The lowest BCUT2D eigenvalue weighted by Crippen LogP contribution is -2.13. The van der Waals surface area contributed by atoms with Gasteiger partial charge < -0.3 is 4.57 Å². The molecule has 4 rings (SSSR count). The SMILES string of the molecule is Cc1cn(-c2ccc(-n3nc(C4CC4)cc3C(F)(F)F)cc2)cn1. The molecule has 0 N–H and O–H groups in total. The van der Waals surface area contributed by atoms with Crippen molar-refractivity contribution in [3.05, 3.63) is 59.9 Å². The maximum Gasteiger partial charge on any atom is 0.433 e. The quantitative estimate of drug-likeness (QED) is 0.718. The molecular formula is C17H15F3N4. The summed E-state index contributed by atoms with van der Waals surface area (Å²) >= 11 is 0. The molecule has 0 bridgehead atoms. The summed E-state index contributed by atoms with van der Waals surface area (Å²) in [6, 6.07) is 7.97. The van der Waals surface area contributed by atoms with Gasteiger partial charge in [-0.3, -0.25) is 0 Å². The molecule has 0 atom stereocenters. The lowest BCUT2D eigenvalue weighted by atomic mass is 10.2. The van der Waals surface area contributed by atoms with Gasteiger partial charge in [0.25, 0.3) is 0 Å². The Bertz CT molecular complexity index is 870. The monoisotopic (exact) mass is 332 g/mol. The first-order valence-electron chi connectivity index (χ1n) is 7.70. The molecule has 0 amide bonds. The van der Waals surface area contributed by atoms with E-state index in [1.54, 1.807) is 30.6 Å². The highest BCUT2D eigenvalue weighted by molar-refractivity contribution is 5.43. The lowest BCUT2D eigenvalue weighted by Gasteiger charge is -2.11. The third-order valence-corrected chi connectivity index (χ3v) is 4.12. The van der Waals surface area contributed by atoms with Gasteiger partial charge in [-0.15, -0.1) is 0 Å². The zero-order chi connectivity index (χ0) is 16.9. The molecule has 0 spiro atoms. The summed E-state index contributed by atoms with van der Waals surface area (Å²) in [5, 5.41) is 4.19. The number of alkyl halides is 3. The minimum atomic E-state index is -4.43. The van der Waals surface area contributed by atoms with Gasteiger partial charge in [-0.05, 0) is 50.1 Å². The number of hydrogen-bond acceptors (Lipinski definition) is 2. The molecule has 1 aliphatic carbocycles. The highest BCUT2D eigenvalue weighted by atomic mass is 19.4. The Morgan fingerprint density at radius 2 is 1.75 bits per heavy atom. The number of aromatic nitrogens is 4. The van der Waals surface area contributed by atoms with Crippen LogP contribution in [0.25, 0.3) is 11.4 Å². The summed E-state index contributed by atoms with van der Waals surface area (Å²) in [5.41, 5.74) is 1.91. The average molecular weight is 332 g/mol. The number of benzene rings is 1. The Morgan fingerprint density at radius 1 is 1.08 bits per heavy atom. The molecule has 2 aromatic heterocycles. The summed E-state index contributed by atoms with van der Waals surface area (Å²) in [5.74, 6) is 0.167. The van der Waals surface area contributed by atoms with Crippen LogP contribution in [0, 0.1) is 6.92 Å². The van der Waals surface area contributed by atoms with E-state index in [2.05, 4.69) is 10.1 Å². The minimum Gasteiger partial charge on any atom is -0.306 e. The van der Waals surface area contributed by atoms with E-state index in [9.17, 15) is 13.2 Å². The number of nitrogens with zero attached hydrogens (tertiary/aromatic N) is 4. The van der Waals surface area contributed by atoms with Crippen molar-refractivity contribution in [2.24, 2.45) is 0 Å². The topological polar surface area (TPSA) is 35.6 Å². The molecule has 0 aliphatic heterocycles. The van der Waals surface area contributed by atoms with E-state index in [-0.39, 0.29) is 5.92 Å². The first kappa shape index (κ1) is 15.0. The van der Waals surface area contributed by atoms with Crippen LogP contribution in [0.1, 0.15) is 35.8 Å². The highest BCUT2D eigenvalue weighted by Gasteiger charge is 2.38. The number of imidazole rings is 1. The fraction of sp³-hybridized carbons (Fsp3) is 0.294. The molecule has 24 heavy (non-hydrogen) atoms. The van der Waals surface area contributed by atoms with Crippen molar-refractivity contribution in [2.75, 3.05) is 0 Å². The largest absolute Gasteiger partial charge is 0.433 e. The van der Waals surface area contributed by atoms with Crippen LogP contribution in [0.15, 0.2) is 42.9 Å². The second-order valence-electron chi connectivity index (χ2n) is 6.08. The molecule has 3 aromatic rings. The van der Waals surface area contributed by atoms with Gasteiger partial charge in [-0.1, -0.05) is 0 Å². The number of rotatable bonds is 3. The Morgan fingerprint density at radius 3 is 2.29 bits per heavy atom. The van der Waals surface area contributed by atoms with Crippen molar-refractivity contribution < 1.29 is 13.2 Å². The molecule has 2 heterocycles. The van der Waals surface area contributed by atoms with Crippen LogP contribution in [0.3, 0.4) is 0 Å². The normalized spacial score (nSPS) is 15.0. The fourth-order valence-electron chi connectivity index (χ4n) is 2.71. The minimum absolute atomic E-state index is 0.167. The zero-order valence-electron chi connectivity index (χ0n) is 13.0. The maximum absolute atomic E-state index is 13.3. The highest BCUT2D eigenvalue weighted by Crippen LogP contribution is 2.42. The van der Waals surface area contributed by atoms with Crippen molar-refractivity contribution in [1.29, 1.82) is 0 Å². The second kappa shape index (κ2) is 5.22. The third kappa shape index (κ3) is 2.70. The molecule has 4 nitrogen and oxygen atoms in total. The van der Waals surface area contributed by atoms with E-state index in [4.69, 9.17) is 0 Å². The number of aryl methyl sites for hydroxylation is 1. The summed E-state index contributed by atoms with van der Waals surface area (Å²) in [6.07, 6.45) is 0.917. The smallest absolute Gasteiger partial charge is 0.306 e. The van der Waals surface area contributed by atoms with Gasteiger partial charge in [0.05, 0.1) is 23.4 Å². The van der Waals surface area contributed by atoms with Crippen molar-refractivity contribution >= 4 is 0 Å². The lowest BCUT2D eigenvalue weighted by molar-refractivity contribution is -0.142. The van der Waals surface area contributed by atoms with Crippen molar-refractivity contribution in [3.8, 4) is 11.4 Å². The van der Waals surface area contributed by atoms with E-state index in [1.165, 1.54) is 6.07 Å². The second-order valence-corrected chi connectivity index (χ2v) is 6.08. The Labute approximate surface area is 136 Å². The summed E-state index contributed by atoms with van der Waals surface area (Å²) in [6.45, 7) is 1.88. The van der Waals surface area contributed by atoms with Crippen molar-refractivity contribution in [1.82, 2.24) is 19.3 Å². The first-order chi connectivity index (χ1) is 11.4. The Kier molecular flexibility index (Phi) is 3.26. The van der Waals surface area contributed by atoms with Crippen LogP contribution in [0.5, 0.6) is 0 Å². The number of hydrogen-bond donors (Lipinski definition) is 0. The summed E-state index contributed by atoms with van der Waals surface area (Å²) in [7, 11) is 0. The molecule has 1 fully saturated rings. The van der Waals surface area contributed by atoms with Gasteiger partial charge in [-0.2, -0.15) is 18.3 Å². The maximum atomic E-state index is 13.3. The predicted octanol–water partition coefficient (Wildman–Crippen LogP) is 4.26. The van der Waals surface area contributed by atoms with E-state index in [1.807, 2.05) is 17.7 Å². The summed E-state index contributed by atoms with van der Waals surface area (Å²) in [4.78, 5) is 4.15.